The highest BCUT2D eigenvalue weighted by Gasteiger charge is 2.17. The minimum atomic E-state index is -0.966. The number of para-hydroxylation sites is 1. The Bertz CT molecular complexity index is 1150. The van der Waals surface area contributed by atoms with Crippen molar-refractivity contribution in [2.24, 2.45) is 5.10 Å². The lowest BCUT2D eigenvalue weighted by atomic mass is 10.1. The minimum absolute atomic E-state index is 0.201. The Kier molecular flexibility index (Phi) is 7.69. The van der Waals surface area contributed by atoms with E-state index in [1.807, 2.05) is 18.2 Å². The Morgan fingerprint density at radius 2 is 1.45 bits per heavy atom. The number of hydrogen-bond acceptors (Lipinski definition) is 4. The molecule has 31 heavy (non-hydrogen) atoms. The van der Waals surface area contributed by atoms with E-state index >= 15 is 0 Å². The fourth-order valence-electron chi connectivity index (χ4n) is 2.49. The monoisotopic (exact) mass is 542 g/mol. The van der Waals surface area contributed by atoms with Gasteiger partial charge in [-0.1, -0.05) is 62.2 Å². The zero-order valence-corrected chi connectivity index (χ0v) is 19.1. The Morgan fingerprint density at radius 1 is 0.774 bits per heavy atom. The van der Waals surface area contributed by atoms with Crippen LogP contribution < -0.4 is 16.1 Å². The van der Waals surface area contributed by atoms with E-state index in [4.69, 9.17) is 0 Å². The average molecular weight is 544 g/mol. The SMILES string of the molecule is O=C(NN=Cc1ccccc1Br)C(=O)Nc1ccccc1C(=O)Nc1ccc(Br)cc1. The van der Waals surface area contributed by atoms with E-state index in [2.05, 4.69) is 53.0 Å². The molecule has 0 bridgehead atoms. The van der Waals surface area contributed by atoms with Gasteiger partial charge in [0.25, 0.3) is 5.91 Å². The summed E-state index contributed by atoms with van der Waals surface area (Å²) in [5.74, 6) is -2.34. The van der Waals surface area contributed by atoms with E-state index < -0.39 is 17.7 Å². The van der Waals surface area contributed by atoms with Gasteiger partial charge in [-0.3, -0.25) is 14.4 Å². The van der Waals surface area contributed by atoms with Crippen LogP contribution in [0.4, 0.5) is 11.4 Å². The fourth-order valence-corrected chi connectivity index (χ4v) is 3.14. The van der Waals surface area contributed by atoms with Crippen molar-refractivity contribution in [1.82, 2.24) is 5.43 Å². The summed E-state index contributed by atoms with van der Waals surface area (Å²) < 4.78 is 1.68. The molecule has 0 unspecified atom stereocenters. The summed E-state index contributed by atoms with van der Waals surface area (Å²) in [6.45, 7) is 0. The van der Waals surface area contributed by atoms with E-state index in [9.17, 15) is 14.4 Å². The van der Waals surface area contributed by atoms with Crippen molar-refractivity contribution in [3.05, 3.63) is 92.9 Å². The summed E-state index contributed by atoms with van der Waals surface area (Å²) >= 11 is 6.69. The largest absolute Gasteiger partial charge is 0.329 e. The lowest BCUT2D eigenvalue weighted by Crippen LogP contribution is -2.33. The van der Waals surface area contributed by atoms with Crippen LogP contribution in [0.1, 0.15) is 15.9 Å². The molecule has 3 aromatic carbocycles. The lowest BCUT2D eigenvalue weighted by molar-refractivity contribution is -0.136. The second-order valence-corrected chi connectivity index (χ2v) is 7.95. The number of halogens is 2. The number of nitrogens with zero attached hydrogens (tertiary/aromatic N) is 1. The number of hydrogen-bond donors (Lipinski definition) is 3. The number of hydrazone groups is 1. The van der Waals surface area contributed by atoms with Gasteiger partial charge in [-0.15, -0.1) is 0 Å². The predicted octanol–water partition coefficient (Wildman–Crippen LogP) is 4.55. The van der Waals surface area contributed by atoms with Crippen molar-refractivity contribution in [2.75, 3.05) is 10.6 Å². The summed E-state index contributed by atoms with van der Waals surface area (Å²) in [6, 6.07) is 20.7. The predicted molar refractivity (Wildman–Crippen MR) is 127 cm³/mol. The van der Waals surface area contributed by atoms with Crippen LogP contribution in [0.5, 0.6) is 0 Å². The summed E-state index contributed by atoms with van der Waals surface area (Å²) in [7, 11) is 0. The molecule has 7 nitrogen and oxygen atoms in total. The van der Waals surface area contributed by atoms with E-state index in [0.717, 1.165) is 14.5 Å². The quantitative estimate of drug-likeness (QED) is 0.250. The molecule has 0 fully saturated rings. The van der Waals surface area contributed by atoms with Crippen LogP contribution in [0.15, 0.2) is 86.8 Å². The van der Waals surface area contributed by atoms with Gasteiger partial charge in [-0.05, 0) is 42.5 Å². The molecule has 0 saturated carbocycles. The first-order valence-electron chi connectivity index (χ1n) is 8.99. The van der Waals surface area contributed by atoms with E-state index in [0.29, 0.717) is 5.69 Å². The minimum Gasteiger partial charge on any atom is -0.322 e. The number of nitrogens with one attached hydrogen (secondary N) is 3. The molecule has 0 heterocycles. The van der Waals surface area contributed by atoms with Gasteiger partial charge in [0.15, 0.2) is 0 Å². The smallest absolute Gasteiger partial charge is 0.322 e. The molecule has 0 radical (unpaired) electrons. The van der Waals surface area contributed by atoms with Crippen LogP contribution in [0.3, 0.4) is 0 Å². The molecule has 3 rings (SSSR count). The normalized spacial score (nSPS) is 10.5. The van der Waals surface area contributed by atoms with Gasteiger partial charge >= 0.3 is 11.8 Å². The van der Waals surface area contributed by atoms with Crippen molar-refractivity contribution in [1.29, 1.82) is 0 Å². The summed E-state index contributed by atoms with van der Waals surface area (Å²) in [6.07, 6.45) is 1.41. The summed E-state index contributed by atoms with van der Waals surface area (Å²) in [5.41, 5.74) is 3.90. The maximum absolute atomic E-state index is 12.6. The van der Waals surface area contributed by atoms with Crippen LogP contribution in [0, 0.1) is 0 Å². The zero-order chi connectivity index (χ0) is 22.2. The molecule has 156 valence electrons. The van der Waals surface area contributed by atoms with Crippen LogP contribution in [-0.4, -0.2) is 23.9 Å². The molecule has 3 aromatic rings. The number of amides is 3. The van der Waals surface area contributed by atoms with E-state index in [-0.39, 0.29) is 11.3 Å². The molecule has 3 amide bonds. The van der Waals surface area contributed by atoms with Gasteiger partial charge in [-0.25, -0.2) is 5.43 Å². The van der Waals surface area contributed by atoms with E-state index in [1.165, 1.54) is 12.3 Å². The number of benzene rings is 3. The second-order valence-electron chi connectivity index (χ2n) is 6.18. The summed E-state index contributed by atoms with van der Waals surface area (Å²) in [4.78, 5) is 37.0. The first-order chi connectivity index (χ1) is 14.9. The van der Waals surface area contributed by atoms with Gasteiger partial charge < -0.3 is 10.6 Å². The van der Waals surface area contributed by atoms with Crippen LogP contribution in [0.25, 0.3) is 0 Å². The second kappa shape index (κ2) is 10.6. The van der Waals surface area contributed by atoms with Gasteiger partial charge in [0.1, 0.15) is 0 Å². The van der Waals surface area contributed by atoms with Crippen LogP contribution in [0.2, 0.25) is 0 Å². The lowest BCUT2D eigenvalue weighted by Gasteiger charge is -2.11. The third-order valence-electron chi connectivity index (χ3n) is 4.00. The number of carbonyl (C=O) groups excluding carboxylic acids is 3. The average Bonchev–Trinajstić information content (AvgIpc) is 2.77. The van der Waals surface area contributed by atoms with Gasteiger partial charge in [-0.2, -0.15) is 5.10 Å². The highest BCUT2D eigenvalue weighted by molar-refractivity contribution is 9.10. The molecule has 0 aromatic heterocycles. The maximum atomic E-state index is 12.6. The summed E-state index contributed by atoms with van der Waals surface area (Å²) in [5, 5.41) is 8.98. The van der Waals surface area contributed by atoms with Crippen molar-refractivity contribution in [2.45, 2.75) is 0 Å². The Hall–Kier alpha value is -3.30. The zero-order valence-electron chi connectivity index (χ0n) is 15.9. The number of anilines is 2. The Balaban J connectivity index is 1.64. The first-order valence-corrected chi connectivity index (χ1v) is 10.6. The van der Waals surface area contributed by atoms with Gasteiger partial charge in [0.2, 0.25) is 0 Å². The number of carbonyl (C=O) groups is 3. The molecular formula is C22H16Br2N4O3. The molecule has 3 N–H and O–H groups in total. The fraction of sp³-hybridized carbons (Fsp3) is 0. The highest BCUT2D eigenvalue weighted by atomic mass is 79.9. The molecular weight excluding hydrogens is 528 g/mol. The molecule has 0 aliphatic heterocycles. The van der Waals surface area contributed by atoms with Gasteiger partial charge in [0, 0.05) is 20.2 Å². The molecule has 0 aliphatic rings. The molecule has 0 spiro atoms. The molecule has 0 saturated heterocycles. The molecule has 0 atom stereocenters. The first kappa shape index (κ1) is 22.4. The van der Waals surface area contributed by atoms with Crippen molar-refractivity contribution in [3.63, 3.8) is 0 Å². The van der Waals surface area contributed by atoms with Crippen molar-refractivity contribution >= 4 is 67.2 Å². The highest BCUT2D eigenvalue weighted by Crippen LogP contribution is 2.19. The van der Waals surface area contributed by atoms with Crippen molar-refractivity contribution in [3.8, 4) is 0 Å². The van der Waals surface area contributed by atoms with Gasteiger partial charge in [0.05, 0.1) is 17.5 Å². The van der Waals surface area contributed by atoms with Crippen molar-refractivity contribution < 1.29 is 14.4 Å². The Morgan fingerprint density at radius 3 is 2.19 bits per heavy atom. The molecule has 0 aliphatic carbocycles. The third-order valence-corrected chi connectivity index (χ3v) is 5.25. The number of rotatable bonds is 5. The third kappa shape index (κ3) is 6.34. The van der Waals surface area contributed by atoms with Crippen LogP contribution >= 0.6 is 31.9 Å². The van der Waals surface area contributed by atoms with E-state index in [1.54, 1.807) is 48.5 Å². The Labute approximate surface area is 195 Å². The topological polar surface area (TPSA) is 99.7 Å². The standard InChI is InChI=1S/C22H16Br2N4O3/c23-15-9-11-16(12-10-15)26-20(29)17-6-2-4-8-19(17)27-21(30)22(31)28-25-13-14-5-1-3-7-18(14)24/h1-13H,(H,26,29)(H,27,30)(H,28,31). The maximum Gasteiger partial charge on any atom is 0.329 e. The van der Waals surface area contributed by atoms with Crippen LogP contribution in [-0.2, 0) is 9.59 Å². The molecule has 9 heteroatoms.